The van der Waals surface area contributed by atoms with Gasteiger partial charge in [-0.1, -0.05) is 0 Å². The van der Waals surface area contributed by atoms with Crippen LogP contribution in [0.2, 0.25) is 0 Å². The third-order valence-electron chi connectivity index (χ3n) is 1.74. The van der Waals surface area contributed by atoms with E-state index < -0.39 is 5.54 Å². The molecule has 1 rings (SSSR count). The predicted octanol–water partition coefficient (Wildman–Crippen LogP) is 0.163. The molecule has 2 amide bonds. The number of halogens is 1. The topological polar surface area (TPSA) is 63.4 Å². The second-order valence-corrected chi connectivity index (χ2v) is 3.61. The Morgan fingerprint density at radius 1 is 1.64 bits per heavy atom. The van der Waals surface area contributed by atoms with Gasteiger partial charge in [0.05, 0.1) is 21.7 Å². The van der Waals surface area contributed by atoms with Crippen LogP contribution in [0.25, 0.3) is 0 Å². The maximum atomic E-state index is 11.2. The molecule has 0 bridgehead atoms. The van der Waals surface area contributed by atoms with Crippen LogP contribution in [0.15, 0.2) is 0 Å². The average molecular weight is 221 g/mol. The van der Waals surface area contributed by atoms with Crippen molar-refractivity contribution in [2.75, 3.05) is 0 Å². The van der Waals surface area contributed by atoms with E-state index in [-0.39, 0.29) is 11.8 Å². The monoisotopic (exact) mass is 220 g/mol. The van der Waals surface area contributed by atoms with E-state index in [9.17, 15) is 9.59 Å². The number of piperidine rings is 1. The molecule has 0 spiro atoms. The Bertz CT molecular complexity index is 215. The molecule has 1 aliphatic rings. The fraction of sp³-hybridized carbons (Fsp3) is 0.667. The molecule has 1 aliphatic heterocycles. The van der Waals surface area contributed by atoms with E-state index in [2.05, 4.69) is 16.1 Å². The van der Waals surface area contributed by atoms with Crippen LogP contribution in [0.5, 0.6) is 0 Å². The molecule has 1 heterocycles. The second-order valence-electron chi connectivity index (χ2n) is 2.90. The van der Waals surface area contributed by atoms with Crippen molar-refractivity contribution in [1.82, 2.24) is 3.93 Å². The summed E-state index contributed by atoms with van der Waals surface area (Å²) in [7, 11) is 0. The van der Waals surface area contributed by atoms with Crippen molar-refractivity contribution >= 4 is 28.0 Å². The lowest BCUT2D eigenvalue weighted by atomic mass is 9.92. The summed E-state index contributed by atoms with van der Waals surface area (Å²) in [6.45, 7) is 1.62. The van der Waals surface area contributed by atoms with E-state index in [0.717, 1.165) is 3.93 Å². The van der Waals surface area contributed by atoms with E-state index in [0.29, 0.717) is 12.8 Å². The molecule has 0 radical (unpaired) electrons. The lowest BCUT2D eigenvalue weighted by molar-refractivity contribution is -0.144. The van der Waals surface area contributed by atoms with Crippen LogP contribution in [-0.4, -0.2) is 21.3 Å². The molecule has 5 heteroatoms. The van der Waals surface area contributed by atoms with Crippen molar-refractivity contribution < 1.29 is 9.59 Å². The molecule has 62 valence electrons. The highest BCUT2D eigenvalue weighted by molar-refractivity contribution is 9.08. The molecular formula is C6H9BrN2O2. The minimum atomic E-state index is -0.891. The van der Waals surface area contributed by atoms with Gasteiger partial charge in [-0.25, -0.2) is 3.93 Å². The van der Waals surface area contributed by atoms with E-state index in [1.807, 2.05) is 0 Å². The molecule has 1 fully saturated rings. The Hall–Kier alpha value is -0.420. The molecule has 1 atom stereocenters. The van der Waals surface area contributed by atoms with Gasteiger partial charge in [-0.15, -0.1) is 0 Å². The van der Waals surface area contributed by atoms with Gasteiger partial charge >= 0.3 is 0 Å². The lowest BCUT2D eigenvalue weighted by Gasteiger charge is -2.31. The van der Waals surface area contributed by atoms with Crippen molar-refractivity contribution in [2.24, 2.45) is 5.73 Å². The van der Waals surface area contributed by atoms with Gasteiger partial charge < -0.3 is 5.73 Å². The van der Waals surface area contributed by atoms with Gasteiger partial charge in [-0.2, -0.15) is 0 Å². The third kappa shape index (κ3) is 1.44. The summed E-state index contributed by atoms with van der Waals surface area (Å²) in [5.74, 6) is -0.591. The van der Waals surface area contributed by atoms with Gasteiger partial charge in [0.1, 0.15) is 0 Å². The largest absolute Gasteiger partial charge is 0.318 e. The fourth-order valence-corrected chi connectivity index (χ4v) is 1.49. The van der Waals surface area contributed by atoms with Gasteiger partial charge in [0, 0.05) is 6.42 Å². The highest BCUT2D eigenvalue weighted by atomic mass is 79.9. The fourth-order valence-electron chi connectivity index (χ4n) is 0.909. The number of amides is 2. The number of carbonyl (C=O) groups excluding carboxylic acids is 2. The minimum absolute atomic E-state index is 0.224. The van der Waals surface area contributed by atoms with Crippen LogP contribution in [-0.2, 0) is 9.59 Å². The van der Waals surface area contributed by atoms with Crippen LogP contribution < -0.4 is 5.73 Å². The number of nitrogens with zero attached hydrogens (tertiary/aromatic N) is 1. The summed E-state index contributed by atoms with van der Waals surface area (Å²) in [5, 5.41) is 0. The van der Waals surface area contributed by atoms with Gasteiger partial charge in [0.2, 0.25) is 5.91 Å². The Morgan fingerprint density at radius 2 is 2.18 bits per heavy atom. The third-order valence-corrected chi connectivity index (χ3v) is 2.46. The number of hydrogen-bond acceptors (Lipinski definition) is 3. The number of hydrogen-bond donors (Lipinski definition) is 1. The molecule has 0 saturated carbocycles. The highest BCUT2D eigenvalue weighted by Crippen LogP contribution is 2.22. The van der Waals surface area contributed by atoms with E-state index in [1.165, 1.54) is 0 Å². The molecule has 0 aromatic carbocycles. The smallest absolute Gasteiger partial charge is 0.259 e. The number of rotatable bonds is 0. The molecule has 0 aliphatic carbocycles. The van der Waals surface area contributed by atoms with Crippen LogP contribution in [0.4, 0.5) is 0 Å². The van der Waals surface area contributed by atoms with E-state index in [4.69, 9.17) is 5.73 Å². The van der Waals surface area contributed by atoms with Crippen LogP contribution in [0.1, 0.15) is 19.8 Å². The zero-order chi connectivity index (χ0) is 8.65. The Morgan fingerprint density at radius 3 is 2.64 bits per heavy atom. The van der Waals surface area contributed by atoms with Gasteiger partial charge in [-0.05, 0) is 13.3 Å². The Labute approximate surface area is 73.1 Å². The Kier molecular flexibility index (Phi) is 2.02. The molecular weight excluding hydrogens is 212 g/mol. The van der Waals surface area contributed by atoms with Crippen molar-refractivity contribution in [1.29, 1.82) is 0 Å². The minimum Gasteiger partial charge on any atom is -0.318 e. The van der Waals surface area contributed by atoms with Crippen LogP contribution in [0.3, 0.4) is 0 Å². The zero-order valence-electron chi connectivity index (χ0n) is 6.13. The Balaban J connectivity index is 2.84. The SMILES string of the molecule is C[C@]1(N)CCC(=O)N(Br)C1=O. The maximum Gasteiger partial charge on any atom is 0.259 e. The summed E-state index contributed by atoms with van der Waals surface area (Å²) in [6.07, 6.45) is 0.747. The molecule has 1 saturated heterocycles. The average Bonchev–Trinajstić information content (AvgIpc) is 1.95. The standard InChI is InChI=1S/C6H9BrN2O2/c1-6(8)3-2-4(10)9(7)5(6)11/h2-3,8H2,1H3/t6-/m0/s1. The second kappa shape index (κ2) is 2.57. The van der Waals surface area contributed by atoms with Crippen molar-refractivity contribution in [3.8, 4) is 0 Å². The lowest BCUT2D eigenvalue weighted by Crippen LogP contribution is -2.55. The summed E-state index contributed by atoms with van der Waals surface area (Å²) in [6, 6.07) is 0. The molecule has 0 aromatic heterocycles. The first kappa shape index (κ1) is 8.67. The van der Waals surface area contributed by atoms with Crippen molar-refractivity contribution in [2.45, 2.75) is 25.3 Å². The summed E-state index contributed by atoms with van der Waals surface area (Å²) >= 11 is 2.85. The zero-order valence-corrected chi connectivity index (χ0v) is 7.72. The number of imide groups is 1. The number of carbonyl (C=O) groups is 2. The van der Waals surface area contributed by atoms with Gasteiger partial charge in [-0.3, -0.25) is 9.59 Å². The summed E-state index contributed by atoms with van der Waals surface area (Å²) in [4.78, 5) is 22.1. The van der Waals surface area contributed by atoms with E-state index in [1.54, 1.807) is 6.92 Å². The summed E-state index contributed by atoms with van der Waals surface area (Å²) < 4.78 is 0.913. The van der Waals surface area contributed by atoms with Crippen molar-refractivity contribution in [3.05, 3.63) is 0 Å². The predicted molar refractivity (Wildman–Crippen MR) is 42.6 cm³/mol. The van der Waals surface area contributed by atoms with Crippen molar-refractivity contribution in [3.63, 3.8) is 0 Å². The summed E-state index contributed by atoms with van der Waals surface area (Å²) in [5.41, 5.74) is 4.71. The normalized spacial score (nSPS) is 32.8. The highest BCUT2D eigenvalue weighted by Gasteiger charge is 2.39. The van der Waals surface area contributed by atoms with Crippen LogP contribution >= 0.6 is 16.1 Å². The number of nitrogens with two attached hydrogens (primary N) is 1. The molecule has 4 nitrogen and oxygen atoms in total. The van der Waals surface area contributed by atoms with Gasteiger partial charge in [0.25, 0.3) is 5.91 Å². The maximum absolute atomic E-state index is 11.2. The molecule has 11 heavy (non-hydrogen) atoms. The first-order valence-corrected chi connectivity index (χ1v) is 3.98. The molecule has 0 unspecified atom stereocenters. The van der Waals surface area contributed by atoms with Gasteiger partial charge in [0.15, 0.2) is 0 Å². The molecule has 0 aromatic rings. The first-order valence-electron chi connectivity index (χ1n) is 3.27. The van der Waals surface area contributed by atoms with Crippen LogP contribution in [0, 0.1) is 0 Å². The molecule has 2 N–H and O–H groups in total. The van der Waals surface area contributed by atoms with E-state index >= 15 is 0 Å². The first-order chi connectivity index (χ1) is 4.95. The quantitative estimate of drug-likeness (QED) is 0.468.